The third-order valence-corrected chi connectivity index (χ3v) is 4.31. The van der Waals surface area contributed by atoms with E-state index in [0.717, 1.165) is 36.5 Å². The molecule has 0 fully saturated rings. The van der Waals surface area contributed by atoms with Crippen molar-refractivity contribution in [3.63, 3.8) is 0 Å². The largest absolute Gasteiger partial charge is 0.494 e. The molecule has 0 amide bonds. The minimum Gasteiger partial charge on any atom is -0.494 e. The zero-order valence-corrected chi connectivity index (χ0v) is 15.3. The van der Waals surface area contributed by atoms with Crippen LogP contribution in [0, 0.1) is 0 Å². The van der Waals surface area contributed by atoms with E-state index in [4.69, 9.17) is 4.74 Å². The molecular weight excluding hydrogens is 294 g/mol. The molecule has 0 aliphatic rings. The number of hydrogen-bond donors (Lipinski definition) is 0. The number of pyridine rings is 1. The van der Waals surface area contributed by atoms with Gasteiger partial charge < -0.3 is 4.74 Å². The van der Waals surface area contributed by atoms with Crippen LogP contribution >= 0.6 is 0 Å². The van der Waals surface area contributed by atoms with Crippen molar-refractivity contribution in [1.82, 2.24) is 4.98 Å². The Labute approximate surface area is 147 Å². The first kappa shape index (κ1) is 18.5. The van der Waals surface area contributed by atoms with Gasteiger partial charge in [-0.2, -0.15) is 0 Å². The van der Waals surface area contributed by atoms with Crippen molar-refractivity contribution < 1.29 is 4.74 Å². The lowest BCUT2D eigenvalue weighted by molar-refractivity contribution is 0.306. The standard InChI is InChI=1S/C22H31NO/c1-3-5-7-8-10-19-11-16-22(23-18-19)20-12-14-21(15-13-20)24-17-9-6-4-2/h11-16,18H,3-10,17H2,1-2H3. The number of hydrogen-bond acceptors (Lipinski definition) is 2. The van der Waals surface area contributed by atoms with Gasteiger partial charge in [0.2, 0.25) is 0 Å². The van der Waals surface area contributed by atoms with E-state index in [1.54, 1.807) is 0 Å². The van der Waals surface area contributed by atoms with Gasteiger partial charge >= 0.3 is 0 Å². The van der Waals surface area contributed by atoms with Gasteiger partial charge in [0.05, 0.1) is 12.3 Å². The van der Waals surface area contributed by atoms with Crippen LogP contribution in [0.5, 0.6) is 5.75 Å². The van der Waals surface area contributed by atoms with Crippen molar-refractivity contribution in [3.05, 3.63) is 48.2 Å². The number of nitrogens with zero attached hydrogens (tertiary/aromatic N) is 1. The van der Waals surface area contributed by atoms with Crippen LogP contribution in [0.1, 0.15) is 64.4 Å². The van der Waals surface area contributed by atoms with E-state index in [9.17, 15) is 0 Å². The fourth-order valence-electron chi connectivity index (χ4n) is 2.76. The average molecular weight is 325 g/mol. The van der Waals surface area contributed by atoms with Crippen LogP contribution in [0.3, 0.4) is 0 Å². The summed E-state index contributed by atoms with van der Waals surface area (Å²) in [6, 6.07) is 12.6. The number of unbranched alkanes of at least 4 members (excludes halogenated alkanes) is 5. The second kappa shape index (κ2) is 10.9. The maximum atomic E-state index is 5.76. The molecule has 1 aromatic carbocycles. The highest BCUT2D eigenvalue weighted by Gasteiger charge is 2.01. The summed E-state index contributed by atoms with van der Waals surface area (Å²) in [7, 11) is 0. The van der Waals surface area contributed by atoms with E-state index in [-0.39, 0.29) is 0 Å². The highest BCUT2D eigenvalue weighted by atomic mass is 16.5. The molecule has 130 valence electrons. The average Bonchev–Trinajstić information content (AvgIpc) is 2.64. The number of benzene rings is 1. The molecule has 0 aliphatic heterocycles. The van der Waals surface area contributed by atoms with Gasteiger partial charge in [0, 0.05) is 11.8 Å². The Morgan fingerprint density at radius 1 is 0.792 bits per heavy atom. The van der Waals surface area contributed by atoms with Crippen molar-refractivity contribution in [2.45, 2.75) is 65.2 Å². The second-order valence-corrected chi connectivity index (χ2v) is 6.44. The van der Waals surface area contributed by atoms with E-state index >= 15 is 0 Å². The maximum Gasteiger partial charge on any atom is 0.119 e. The molecule has 0 spiro atoms. The Morgan fingerprint density at radius 2 is 1.54 bits per heavy atom. The molecule has 0 saturated heterocycles. The summed E-state index contributed by atoms with van der Waals surface area (Å²) in [6.45, 7) is 5.26. The fraction of sp³-hybridized carbons (Fsp3) is 0.500. The summed E-state index contributed by atoms with van der Waals surface area (Å²) in [6.07, 6.45) is 11.9. The van der Waals surface area contributed by atoms with Crippen molar-refractivity contribution in [1.29, 1.82) is 0 Å². The quantitative estimate of drug-likeness (QED) is 0.443. The minimum atomic E-state index is 0.804. The zero-order valence-electron chi connectivity index (χ0n) is 15.3. The highest BCUT2D eigenvalue weighted by Crippen LogP contribution is 2.21. The normalized spacial score (nSPS) is 10.8. The summed E-state index contributed by atoms with van der Waals surface area (Å²) in [5.41, 5.74) is 3.52. The van der Waals surface area contributed by atoms with E-state index in [2.05, 4.69) is 43.1 Å². The van der Waals surface area contributed by atoms with Gasteiger partial charge in [-0.25, -0.2) is 0 Å². The molecular formula is C22H31NO. The van der Waals surface area contributed by atoms with Crippen LogP contribution in [0.4, 0.5) is 0 Å². The number of aromatic nitrogens is 1. The van der Waals surface area contributed by atoms with Crippen molar-refractivity contribution in [2.24, 2.45) is 0 Å². The van der Waals surface area contributed by atoms with Gasteiger partial charge in [0.1, 0.15) is 5.75 Å². The maximum absolute atomic E-state index is 5.76. The van der Waals surface area contributed by atoms with Crippen molar-refractivity contribution in [2.75, 3.05) is 6.61 Å². The predicted octanol–water partition coefficient (Wildman–Crippen LogP) is 6.44. The Bertz CT molecular complexity index is 506. The first-order chi connectivity index (χ1) is 11.8. The Morgan fingerprint density at radius 3 is 2.21 bits per heavy atom. The molecule has 1 heterocycles. The van der Waals surface area contributed by atoms with Gasteiger partial charge in [0.15, 0.2) is 0 Å². The first-order valence-electron chi connectivity index (χ1n) is 9.51. The van der Waals surface area contributed by atoms with Crippen molar-refractivity contribution in [3.8, 4) is 17.0 Å². The van der Waals surface area contributed by atoms with Crippen LogP contribution in [-0.4, -0.2) is 11.6 Å². The molecule has 0 bridgehead atoms. The number of ether oxygens (including phenoxy) is 1. The third-order valence-electron chi connectivity index (χ3n) is 4.31. The van der Waals surface area contributed by atoms with Crippen LogP contribution in [0.2, 0.25) is 0 Å². The van der Waals surface area contributed by atoms with Crippen LogP contribution in [0.15, 0.2) is 42.6 Å². The van der Waals surface area contributed by atoms with Gasteiger partial charge in [-0.1, -0.05) is 52.0 Å². The molecule has 0 aliphatic carbocycles. The van der Waals surface area contributed by atoms with E-state index in [0.29, 0.717) is 0 Å². The summed E-state index contributed by atoms with van der Waals surface area (Å²) in [5, 5.41) is 0. The molecule has 0 radical (unpaired) electrons. The monoisotopic (exact) mass is 325 g/mol. The smallest absolute Gasteiger partial charge is 0.119 e. The van der Waals surface area contributed by atoms with E-state index in [1.807, 2.05) is 18.3 Å². The summed E-state index contributed by atoms with van der Waals surface area (Å²) in [4.78, 5) is 4.62. The molecule has 0 saturated carbocycles. The number of rotatable bonds is 11. The Balaban J connectivity index is 1.84. The SMILES string of the molecule is CCCCCCc1ccc(-c2ccc(OCCCCC)cc2)nc1. The third kappa shape index (κ3) is 6.35. The highest BCUT2D eigenvalue weighted by molar-refractivity contribution is 5.60. The van der Waals surface area contributed by atoms with Gasteiger partial charge in [-0.05, 0) is 55.2 Å². The molecule has 2 rings (SSSR count). The molecule has 24 heavy (non-hydrogen) atoms. The van der Waals surface area contributed by atoms with Gasteiger partial charge in [-0.15, -0.1) is 0 Å². The van der Waals surface area contributed by atoms with Crippen LogP contribution in [0.25, 0.3) is 11.3 Å². The molecule has 2 aromatic rings. The lowest BCUT2D eigenvalue weighted by atomic mass is 10.1. The topological polar surface area (TPSA) is 22.1 Å². The Kier molecular flexibility index (Phi) is 8.37. The molecule has 2 nitrogen and oxygen atoms in total. The summed E-state index contributed by atoms with van der Waals surface area (Å²) >= 11 is 0. The number of aryl methyl sites for hydroxylation is 1. The van der Waals surface area contributed by atoms with Crippen LogP contribution in [-0.2, 0) is 6.42 Å². The van der Waals surface area contributed by atoms with E-state index < -0.39 is 0 Å². The lowest BCUT2D eigenvalue weighted by Crippen LogP contribution is -1.96. The first-order valence-corrected chi connectivity index (χ1v) is 9.51. The van der Waals surface area contributed by atoms with Crippen LogP contribution < -0.4 is 4.74 Å². The Hall–Kier alpha value is -1.83. The summed E-state index contributed by atoms with van der Waals surface area (Å²) in [5.74, 6) is 0.947. The molecule has 2 heteroatoms. The van der Waals surface area contributed by atoms with E-state index in [1.165, 1.54) is 44.1 Å². The predicted molar refractivity (Wildman–Crippen MR) is 103 cm³/mol. The fourth-order valence-corrected chi connectivity index (χ4v) is 2.76. The molecule has 0 unspecified atom stereocenters. The summed E-state index contributed by atoms with van der Waals surface area (Å²) < 4.78 is 5.76. The molecule has 0 N–H and O–H groups in total. The van der Waals surface area contributed by atoms with Crippen molar-refractivity contribution >= 4 is 0 Å². The second-order valence-electron chi connectivity index (χ2n) is 6.44. The van der Waals surface area contributed by atoms with Gasteiger partial charge in [0.25, 0.3) is 0 Å². The lowest BCUT2D eigenvalue weighted by Gasteiger charge is -2.07. The minimum absolute atomic E-state index is 0.804. The molecule has 1 aromatic heterocycles. The zero-order chi connectivity index (χ0) is 17.0. The van der Waals surface area contributed by atoms with Gasteiger partial charge in [-0.3, -0.25) is 4.98 Å². The molecule has 0 atom stereocenters.